The third-order valence-corrected chi connectivity index (χ3v) is 5.51. The number of ether oxygens (including phenoxy) is 1. The van der Waals surface area contributed by atoms with Crippen molar-refractivity contribution in [3.8, 4) is 5.75 Å². The molecular formula is C22H22Cl2F2N2O2. The normalized spacial score (nSPS) is 14.5. The lowest BCUT2D eigenvalue weighted by Crippen LogP contribution is -2.21. The summed E-state index contributed by atoms with van der Waals surface area (Å²) in [5.41, 5.74) is 1.25. The van der Waals surface area contributed by atoms with Gasteiger partial charge in [0.05, 0.1) is 5.02 Å². The highest BCUT2D eigenvalue weighted by molar-refractivity contribution is 6.32. The van der Waals surface area contributed by atoms with Crippen LogP contribution in [0.4, 0.5) is 14.5 Å². The Kier molecular flexibility index (Phi) is 7.34. The van der Waals surface area contributed by atoms with E-state index < -0.39 is 11.8 Å². The van der Waals surface area contributed by atoms with Crippen molar-refractivity contribution < 1.29 is 18.3 Å². The van der Waals surface area contributed by atoms with E-state index in [2.05, 4.69) is 16.8 Å². The number of allylic oxidation sites excluding steroid dienone is 1. The van der Waals surface area contributed by atoms with Gasteiger partial charge in [-0.3, -0.25) is 9.69 Å². The van der Waals surface area contributed by atoms with Crippen molar-refractivity contribution in [1.29, 1.82) is 0 Å². The smallest absolute Gasteiger partial charge is 0.291 e. The van der Waals surface area contributed by atoms with E-state index in [4.69, 9.17) is 27.9 Å². The highest BCUT2D eigenvalue weighted by Crippen LogP contribution is 2.34. The topological polar surface area (TPSA) is 41.6 Å². The Hall–Kier alpha value is -2.15. The summed E-state index contributed by atoms with van der Waals surface area (Å²) in [4.78, 5) is 14.5. The molecule has 4 nitrogen and oxygen atoms in total. The Morgan fingerprint density at radius 3 is 2.53 bits per heavy atom. The summed E-state index contributed by atoms with van der Waals surface area (Å²) >= 11 is 12.4. The molecule has 1 heterocycles. The van der Waals surface area contributed by atoms with Gasteiger partial charge in [0.25, 0.3) is 11.8 Å². The molecule has 30 heavy (non-hydrogen) atoms. The van der Waals surface area contributed by atoms with Crippen LogP contribution in [0.15, 0.2) is 49.1 Å². The van der Waals surface area contributed by atoms with Gasteiger partial charge in [-0.25, -0.2) is 0 Å². The molecule has 1 N–H and O–H groups in total. The molecule has 3 rings (SSSR count). The van der Waals surface area contributed by atoms with Crippen molar-refractivity contribution in [1.82, 2.24) is 4.90 Å². The van der Waals surface area contributed by atoms with Crippen molar-refractivity contribution in [2.45, 2.75) is 25.3 Å². The van der Waals surface area contributed by atoms with E-state index in [1.807, 2.05) is 6.07 Å². The number of anilines is 1. The first-order chi connectivity index (χ1) is 14.3. The average molecular weight is 455 g/mol. The maximum absolute atomic E-state index is 13.6. The van der Waals surface area contributed by atoms with Gasteiger partial charge in [0, 0.05) is 22.8 Å². The first-order valence-corrected chi connectivity index (χ1v) is 10.3. The van der Waals surface area contributed by atoms with Crippen LogP contribution in [0.2, 0.25) is 10.0 Å². The van der Waals surface area contributed by atoms with E-state index in [1.165, 1.54) is 25.0 Å². The molecule has 160 valence electrons. The maximum Gasteiger partial charge on any atom is 0.291 e. The van der Waals surface area contributed by atoms with Crippen LogP contribution in [0.3, 0.4) is 0 Å². The zero-order valence-corrected chi connectivity index (χ0v) is 17.8. The van der Waals surface area contributed by atoms with Gasteiger partial charge in [0.15, 0.2) is 6.61 Å². The fourth-order valence-electron chi connectivity index (χ4n) is 3.22. The zero-order valence-electron chi connectivity index (χ0n) is 16.3. The molecule has 1 aliphatic heterocycles. The van der Waals surface area contributed by atoms with Crippen LogP contribution in [0, 0.1) is 0 Å². The summed E-state index contributed by atoms with van der Waals surface area (Å²) < 4.78 is 32.6. The summed E-state index contributed by atoms with van der Waals surface area (Å²) in [6.45, 7) is 5.71. The molecule has 1 fully saturated rings. The number of rotatable bonds is 8. The van der Waals surface area contributed by atoms with Gasteiger partial charge in [0.2, 0.25) is 0 Å². The number of carbonyl (C=O) groups excluding carboxylic acids is 1. The monoisotopic (exact) mass is 454 g/mol. The number of hydrogen-bond donors (Lipinski definition) is 1. The van der Waals surface area contributed by atoms with E-state index in [9.17, 15) is 13.6 Å². The lowest BCUT2D eigenvalue weighted by Gasteiger charge is -2.16. The molecule has 2 aromatic rings. The summed E-state index contributed by atoms with van der Waals surface area (Å²) in [5.74, 6) is -3.48. The Morgan fingerprint density at radius 2 is 1.90 bits per heavy atom. The number of alkyl halides is 2. The molecule has 1 aliphatic rings. The average Bonchev–Trinajstić information content (AvgIpc) is 3.22. The SMILES string of the molecule is C=CC(F)(F)c1ccc(OCC(=O)Nc2ccc(CN3CCCC3)c(Cl)c2)c(Cl)c1. The number of halogens is 4. The van der Waals surface area contributed by atoms with Crippen molar-refractivity contribution in [2.24, 2.45) is 0 Å². The highest BCUT2D eigenvalue weighted by Gasteiger charge is 2.27. The van der Waals surface area contributed by atoms with E-state index in [-0.39, 0.29) is 22.9 Å². The van der Waals surface area contributed by atoms with Gasteiger partial charge >= 0.3 is 0 Å². The lowest BCUT2D eigenvalue weighted by atomic mass is 10.1. The van der Waals surface area contributed by atoms with Crippen molar-refractivity contribution in [3.05, 3.63) is 70.2 Å². The van der Waals surface area contributed by atoms with Crippen molar-refractivity contribution in [3.63, 3.8) is 0 Å². The maximum atomic E-state index is 13.6. The second kappa shape index (κ2) is 9.77. The molecule has 1 saturated heterocycles. The minimum Gasteiger partial charge on any atom is -0.482 e. The number of amides is 1. The minimum atomic E-state index is -3.19. The summed E-state index contributed by atoms with van der Waals surface area (Å²) in [5, 5.41) is 3.27. The van der Waals surface area contributed by atoms with E-state index >= 15 is 0 Å². The summed E-state index contributed by atoms with van der Waals surface area (Å²) in [6.07, 6.45) is 2.94. The van der Waals surface area contributed by atoms with Crippen molar-refractivity contribution in [2.75, 3.05) is 25.0 Å². The number of nitrogens with one attached hydrogen (secondary N) is 1. The third-order valence-electron chi connectivity index (χ3n) is 4.86. The standard InChI is InChI=1S/C22H22Cl2F2N2O2/c1-2-22(25,26)16-6-8-20(19(24)11-16)30-14-21(29)27-17-7-5-15(18(23)12-17)13-28-9-3-4-10-28/h2,5-8,11-12H,1,3-4,9-10,13-14H2,(H,27,29). The van der Waals surface area contributed by atoms with Gasteiger partial charge in [-0.15, -0.1) is 0 Å². The van der Waals surface area contributed by atoms with Crippen LogP contribution in [0.25, 0.3) is 0 Å². The molecule has 0 aromatic heterocycles. The Morgan fingerprint density at radius 1 is 1.17 bits per heavy atom. The highest BCUT2D eigenvalue weighted by atomic mass is 35.5. The van der Waals surface area contributed by atoms with Crippen LogP contribution in [0.1, 0.15) is 24.0 Å². The molecule has 0 bridgehead atoms. The van der Waals surface area contributed by atoms with Gasteiger partial charge < -0.3 is 10.1 Å². The Balaban J connectivity index is 1.55. The van der Waals surface area contributed by atoms with Gasteiger partial charge in [-0.1, -0.05) is 35.8 Å². The number of nitrogens with zero attached hydrogens (tertiary/aromatic N) is 1. The summed E-state index contributed by atoms with van der Waals surface area (Å²) in [6, 6.07) is 8.95. The fraction of sp³-hybridized carbons (Fsp3) is 0.318. The lowest BCUT2D eigenvalue weighted by molar-refractivity contribution is -0.118. The molecule has 2 aromatic carbocycles. The Labute approximate surface area is 184 Å². The van der Waals surface area contributed by atoms with E-state index in [0.717, 1.165) is 31.3 Å². The van der Waals surface area contributed by atoms with Gasteiger partial charge in [0.1, 0.15) is 5.75 Å². The van der Waals surface area contributed by atoms with Crippen LogP contribution in [0.5, 0.6) is 5.75 Å². The van der Waals surface area contributed by atoms with Crippen LogP contribution in [-0.4, -0.2) is 30.5 Å². The third kappa shape index (κ3) is 5.72. The quantitative estimate of drug-likeness (QED) is 0.506. The largest absolute Gasteiger partial charge is 0.482 e. The van der Waals surface area contributed by atoms with E-state index in [1.54, 1.807) is 12.1 Å². The first kappa shape index (κ1) is 22.5. The number of likely N-dealkylation sites (tertiary alicyclic amines) is 1. The number of benzene rings is 2. The molecule has 0 atom stereocenters. The van der Waals surface area contributed by atoms with Gasteiger partial charge in [-0.05, 0) is 67.9 Å². The zero-order chi connectivity index (χ0) is 21.7. The number of hydrogen-bond acceptors (Lipinski definition) is 3. The fourth-order valence-corrected chi connectivity index (χ4v) is 3.69. The van der Waals surface area contributed by atoms with Crippen LogP contribution in [-0.2, 0) is 17.3 Å². The molecule has 8 heteroatoms. The molecule has 0 aliphatic carbocycles. The first-order valence-electron chi connectivity index (χ1n) is 9.53. The summed E-state index contributed by atoms with van der Waals surface area (Å²) in [7, 11) is 0. The van der Waals surface area contributed by atoms with E-state index in [0.29, 0.717) is 16.8 Å². The second-order valence-corrected chi connectivity index (χ2v) is 7.91. The van der Waals surface area contributed by atoms with Crippen molar-refractivity contribution >= 4 is 34.8 Å². The van der Waals surface area contributed by atoms with Crippen LogP contribution >= 0.6 is 23.2 Å². The predicted octanol–water partition coefficient (Wildman–Crippen LogP) is 5.88. The minimum absolute atomic E-state index is 0.0175. The molecule has 0 saturated carbocycles. The van der Waals surface area contributed by atoms with Gasteiger partial charge in [-0.2, -0.15) is 8.78 Å². The van der Waals surface area contributed by atoms with Crippen LogP contribution < -0.4 is 10.1 Å². The molecule has 0 radical (unpaired) electrons. The predicted molar refractivity (Wildman–Crippen MR) is 116 cm³/mol. The Bertz CT molecular complexity index is 931. The molecular weight excluding hydrogens is 433 g/mol. The molecule has 0 spiro atoms. The molecule has 0 unspecified atom stereocenters. The number of carbonyl (C=O) groups is 1. The second-order valence-electron chi connectivity index (χ2n) is 7.10. The molecule has 1 amide bonds.